The Morgan fingerprint density at radius 2 is 2.19 bits per heavy atom. The SMILES string of the molecule is CCCC=CCNCCc1cccc(F)c1. The Labute approximate surface area is 97.4 Å². The summed E-state index contributed by atoms with van der Waals surface area (Å²) in [6.07, 6.45) is 7.55. The molecule has 0 saturated heterocycles. The van der Waals surface area contributed by atoms with Crippen molar-refractivity contribution >= 4 is 0 Å². The van der Waals surface area contributed by atoms with E-state index in [1.807, 2.05) is 6.07 Å². The maximum Gasteiger partial charge on any atom is 0.123 e. The van der Waals surface area contributed by atoms with E-state index < -0.39 is 0 Å². The first-order valence-electron chi connectivity index (χ1n) is 5.93. The summed E-state index contributed by atoms with van der Waals surface area (Å²) in [7, 11) is 0. The van der Waals surface area contributed by atoms with E-state index in [0.29, 0.717) is 0 Å². The average molecular weight is 221 g/mol. The number of benzene rings is 1. The van der Waals surface area contributed by atoms with Crippen LogP contribution in [0.25, 0.3) is 0 Å². The second-order valence-corrected chi connectivity index (χ2v) is 3.84. The number of nitrogens with one attached hydrogen (secondary N) is 1. The molecule has 0 aromatic heterocycles. The first-order valence-corrected chi connectivity index (χ1v) is 5.93. The van der Waals surface area contributed by atoms with Crippen LogP contribution in [0.1, 0.15) is 25.3 Å². The lowest BCUT2D eigenvalue weighted by molar-refractivity contribution is 0.624. The number of rotatable bonds is 7. The minimum absolute atomic E-state index is 0.152. The van der Waals surface area contributed by atoms with E-state index in [1.54, 1.807) is 12.1 Å². The molecule has 88 valence electrons. The highest BCUT2D eigenvalue weighted by Gasteiger charge is 1.94. The molecule has 1 rings (SSSR count). The molecule has 0 spiro atoms. The standard InChI is InChI=1S/C14H20FN/c1-2-3-4-5-10-16-11-9-13-7-6-8-14(15)12-13/h4-8,12,16H,2-3,9-11H2,1H3. The van der Waals surface area contributed by atoms with Crippen molar-refractivity contribution in [2.24, 2.45) is 0 Å². The third-order valence-corrected chi connectivity index (χ3v) is 2.36. The van der Waals surface area contributed by atoms with E-state index in [4.69, 9.17) is 0 Å². The molecule has 0 fully saturated rings. The molecule has 1 aromatic carbocycles. The zero-order valence-corrected chi connectivity index (χ0v) is 9.88. The highest BCUT2D eigenvalue weighted by Crippen LogP contribution is 2.03. The molecule has 0 unspecified atom stereocenters. The lowest BCUT2D eigenvalue weighted by atomic mass is 10.1. The van der Waals surface area contributed by atoms with E-state index in [-0.39, 0.29) is 5.82 Å². The average Bonchev–Trinajstić information content (AvgIpc) is 2.28. The van der Waals surface area contributed by atoms with Gasteiger partial charge in [-0.2, -0.15) is 0 Å². The topological polar surface area (TPSA) is 12.0 Å². The van der Waals surface area contributed by atoms with Gasteiger partial charge in [-0.25, -0.2) is 4.39 Å². The molecule has 0 atom stereocenters. The summed E-state index contributed by atoms with van der Waals surface area (Å²) in [5.74, 6) is -0.152. The minimum atomic E-state index is -0.152. The van der Waals surface area contributed by atoms with Crippen LogP contribution in [0.3, 0.4) is 0 Å². The van der Waals surface area contributed by atoms with Crippen molar-refractivity contribution in [1.29, 1.82) is 0 Å². The van der Waals surface area contributed by atoms with Crippen molar-refractivity contribution in [3.63, 3.8) is 0 Å². The lowest BCUT2D eigenvalue weighted by Crippen LogP contribution is -2.16. The Kier molecular flexibility index (Phi) is 6.50. The Balaban J connectivity index is 2.11. The summed E-state index contributed by atoms with van der Waals surface area (Å²) >= 11 is 0. The lowest BCUT2D eigenvalue weighted by Gasteiger charge is -2.02. The van der Waals surface area contributed by atoms with Gasteiger partial charge in [-0.15, -0.1) is 0 Å². The van der Waals surface area contributed by atoms with Crippen LogP contribution < -0.4 is 5.32 Å². The number of unbranched alkanes of at least 4 members (excludes halogenated alkanes) is 1. The van der Waals surface area contributed by atoms with E-state index >= 15 is 0 Å². The molecule has 0 bridgehead atoms. The molecule has 1 nitrogen and oxygen atoms in total. The molecule has 1 aromatic rings. The van der Waals surface area contributed by atoms with Crippen molar-refractivity contribution < 1.29 is 4.39 Å². The Bertz CT molecular complexity index is 320. The van der Waals surface area contributed by atoms with Crippen molar-refractivity contribution in [3.05, 3.63) is 47.8 Å². The number of allylic oxidation sites excluding steroid dienone is 1. The summed E-state index contributed by atoms with van der Waals surface area (Å²) in [5.41, 5.74) is 1.05. The number of hydrogen-bond acceptors (Lipinski definition) is 1. The van der Waals surface area contributed by atoms with E-state index in [2.05, 4.69) is 24.4 Å². The summed E-state index contributed by atoms with van der Waals surface area (Å²) < 4.78 is 12.9. The third kappa shape index (κ3) is 5.66. The number of hydrogen-bond donors (Lipinski definition) is 1. The van der Waals surface area contributed by atoms with Crippen LogP contribution in [0.5, 0.6) is 0 Å². The predicted molar refractivity (Wildman–Crippen MR) is 67.0 cm³/mol. The van der Waals surface area contributed by atoms with Gasteiger partial charge in [-0.1, -0.05) is 37.6 Å². The van der Waals surface area contributed by atoms with Crippen LogP contribution in [0, 0.1) is 5.82 Å². The zero-order chi connectivity index (χ0) is 11.6. The summed E-state index contributed by atoms with van der Waals surface area (Å²) in [5, 5.41) is 3.30. The van der Waals surface area contributed by atoms with E-state index in [9.17, 15) is 4.39 Å². The maximum atomic E-state index is 12.9. The monoisotopic (exact) mass is 221 g/mol. The summed E-state index contributed by atoms with van der Waals surface area (Å²) in [6, 6.07) is 6.78. The molecule has 0 heterocycles. The van der Waals surface area contributed by atoms with Gasteiger partial charge in [0.1, 0.15) is 5.82 Å². The third-order valence-electron chi connectivity index (χ3n) is 2.36. The fourth-order valence-electron chi connectivity index (χ4n) is 1.48. The summed E-state index contributed by atoms with van der Waals surface area (Å²) in [6.45, 7) is 3.96. The van der Waals surface area contributed by atoms with Gasteiger partial charge in [0.05, 0.1) is 0 Å². The van der Waals surface area contributed by atoms with Crippen LogP contribution in [-0.4, -0.2) is 13.1 Å². The molecule has 0 aliphatic heterocycles. The van der Waals surface area contributed by atoms with Gasteiger partial charge in [0, 0.05) is 6.54 Å². The van der Waals surface area contributed by atoms with Crippen LogP contribution in [0.2, 0.25) is 0 Å². The van der Waals surface area contributed by atoms with Gasteiger partial charge in [-0.05, 0) is 37.1 Å². The normalized spacial score (nSPS) is 11.1. The maximum absolute atomic E-state index is 12.9. The van der Waals surface area contributed by atoms with Crippen LogP contribution in [-0.2, 0) is 6.42 Å². The fourth-order valence-corrected chi connectivity index (χ4v) is 1.48. The molecule has 0 amide bonds. The summed E-state index contributed by atoms with van der Waals surface area (Å²) in [4.78, 5) is 0. The van der Waals surface area contributed by atoms with Gasteiger partial charge >= 0.3 is 0 Å². The highest BCUT2D eigenvalue weighted by molar-refractivity contribution is 5.16. The fraction of sp³-hybridized carbons (Fsp3) is 0.429. The van der Waals surface area contributed by atoms with Crippen molar-refractivity contribution in [2.45, 2.75) is 26.2 Å². The Hall–Kier alpha value is -1.15. The first kappa shape index (κ1) is 12.9. The zero-order valence-electron chi connectivity index (χ0n) is 9.88. The van der Waals surface area contributed by atoms with Crippen LogP contribution in [0.4, 0.5) is 4.39 Å². The molecule has 0 aliphatic carbocycles. The van der Waals surface area contributed by atoms with E-state index in [0.717, 1.165) is 31.5 Å². The van der Waals surface area contributed by atoms with Gasteiger partial charge < -0.3 is 5.32 Å². The highest BCUT2D eigenvalue weighted by atomic mass is 19.1. The second-order valence-electron chi connectivity index (χ2n) is 3.84. The van der Waals surface area contributed by atoms with Gasteiger partial charge in [0.25, 0.3) is 0 Å². The van der Waals surface area contributed by atoms with Crippen LogP contribution in [0.15, 0.2) is 36.4 Å². The van der Waals surface area contributed by atoms with E-state index in [1.165, 1.54) is 12.5 Å². The van der Waals surface area contributed by atoms with Crippen molar-refractivity contribution in [3.8, 4) is 0 Å². The quantitative estimate of drug-likeness (QED) is 0.550. The number of halogens is 1. The molecule has 1 N–H and O–H groups in total. The van der Waals surface area contributed by atoms with Gasteiger partial charge in [0.2, 0.25) is 0 Å². The van der Waals surface area contributed by atoms with Gasteiger partial charge in [-0.3, -0.25) is 0 Å². The molecule has 16 heavy (non-hydrogen) atoms. The molecule has 2 heteroatoms. The minimum Gasteiger partial charge on any atom is -0.313 e. The first-order chi connectivity index (χ1) is 7.83. The van der Waals surface area contributed by atoms with Crippen molar-refractivity contribution in [2.75, 3.05) is 13.1 Å². The smallest absolute Gasteiger partial charge is 0.123 e. The van der Waals surface area contributed by atoms with Crippen LogP contribution >= 0.6 is 0 Å². The molecular weight excluding hydrogens is 201 g/mol. The molecular formula is C14H20FN. The molecule has 0 radical (unpaired) electrons. The van der Waals surface area contributed by atoms with Gasteiger partial charge in [0.15, 0.2) is 0 Å². The molecule has 0 aliphatic rings. The van der Waals surface area contributed by atoms with Crippen molar-refractivity contribution in [1.82, 2.24) is 5.32 Å². The predicted octanol–water partition coefficient (Wildman–Crippen LogP) is 3.31. The second kappa shape index (κ2) is 8.05. The Morgan fingerprint density at radius 1 is 1.31 bits per heavy atom. The largest absolute Gasteiger partial charge is 0.313 e. The Morgan fingerprint density at radius 3 is 2.94 bits per heavy atom. The molecule has 0 saturated carbocycles.